The summed E-state index contributed by atoms with van der Waals surface area (Å²) in [5.41, 5.74) is 1.02. The van der Waals surface area contributed by atoms with Crippen LogP contribution in [0.3, 0.4) is 0 Å². The summed E-state index contributed by atoms with van der Waals surface area (Å²) in [5.74, 6) is 1.72. The van der Waals surface area contributed by atoms with Crippen LogP contribution in [-0.2, 0) is 0 Å². The minimum Gasteiger partial charge on any atom is -0.339 e. The van der Waals surface area contributed by atoms with Crippen LogP contribution in [0.4, 0.5) is 11.5 Å². The molecule has 0 radical (unpaired) electrons. The highest BCUT2D eigenvalue weighted by molar-refractivity contribution is 14.1. The minimum atomic E-state index is 0.249. The molecule has 1 aromatic heterocycles. The number of para-hydroxylation sites is 1. The molecule has 0 unspecified atom stereocenters. The number of nitrogens with one attached hydrogen (secondary N) is 1. The average molecular weight is 374 g/mol. The van der Waals surface area contributed by atoms with Crippen molar-refractivity contribution in [2.75, 3.05) is 5.32 Å². The van der Waals surface area contributed by atoms with E-state index >= 15 is 0 Å². The van der Waals surface area contributed by atoms with Crippen molar-refractivity contribution in [1.29, 1.82) is 0 Å². The zero-order valence-electron chi connectivity index (χ0n) is 10.1. The lowest BCUT2D eigenvalue weighted by molar-refractivity contribution is 0.776. The van der Waals surface area contributed by atoms with Crippen LogP contribution < -0.4 is 5.32 Å². The van der Waals surface area contributed by atoms with Crippen molar-refractivity contribution in [3.05, 3.63) is 44.9 Å². The number of hydrogen-bond acceptors (Lipinski definition) is 3. The van der Waals surface area contributed by atoms with E-state index in [1.54, 1.807) is 6.07 Å². The first-order chi connectivity index (χ1) is 8.56. The summed E-state index contributed by atoms with van der Waals surface area (Å²) >= 11 is 8.29. The van der Waals surface area contributed by atoms with Gasteiger partial charge in [-0.2, -0.15) is 0 Å². The molecule has 0 amide bonds. The average Bonchev–Trinajstić information content (AvgIpc) is 2.31. The Morgan fingerprint density at radius 1 is 1.22 bits per heavy atom. The summed E-state index contributed by atoms with van der Waals surface area (Å²) in [7, 11) is 0. The second-order valence-electron chi connectivity index (χ2n) is 4.19. The minimum absolute atomic E-state index is 0.249. The molecule has 18 heavy (non-hydrogen) atoms. The van der Waals surface area contributed by atoms with Crippen LogP contribution in [0, 0.1) is 3.57 Å². The summed E-state index contributed by atoms with van der Waals surface area (Å²) in [6, 6.07) is 9.76. The van der Waals surface area contributed by atoms with Crippen LogP contribution in [0.5, 0.6) is 0 Å². The molecule has 1 aromatic carbocycles. The molecule has 1 N–H and O–H groups in total. The monoisotopic (exact) mass is 373 g/mol. The fraction of sp³-hybridized carbons (Fsp3) is 0.231. The highest BCUT2D eigenvalue weighted by Gasteiger charge is 2.08. The maximum atomic E-state index is 6.01. The molecule has 0 aliphatic carbocycles. The van der Waals surface area contributed by atoms with Gasteiger partial charge in [0.25, 0.3) is 0 Å². The van der Waals surface area contributed by atoms with Gasteiger partial charge in [0, 0.05) is 15.6 Å². The first-order valence-electron chi connectivity index (χ1n) is 5.62. The maximum Gasteiger partial charge on any atom is 0.135 e. The third-order valence-electron chi connectivity index (χ3n) is 2.37. The van der Waals surface area contributed by atoms with E-state index in [4.69, 9.17) is 11.6 Å². The molecule has 0 aliphatic heterocycles. The number of anilines is 2. The van der Waals surface area contributed by atoms with Crippen LogP contribution in [0.2, 0.25) is 5.15 Å². The number of hydrogen-bond donors (Lipinski definition) is 1. The fourth-order valence-corrected chi connectivity index (χ4v) is 2.17. The number of benzene rings is 1. The van der Waals surface area contributed by atoms with Crippen molar-refractivity contribution in [2.24, 2.45) is 0 Å². The van der Waals surface area contributed by atoms with Gasteiger partial charge in [-0.15, -0.1) is 0 Å². The van der Waals surface area contributed by atoms with Crippen molar-refractivity contribution in [2.45, 2.75) is 19.8 Å². The van der Waals surface area contributed by atoms with Gasteiger partial charge in [-0.05, 0) is 34.7 Å². The van der Waals surface area contributed by atoms with Crippen molar-refractivity contribution in [3.8, 4) is 0 Å². The van der Waals surface area contributed by atoms with Gasteiger partial charge in [0.2, 0.25) is 0 Å². The predicted molar refractivity (Wildman–Crippen MR) is 83.6 cm³/mol. The summed E-state index contributed by atoms with van der Waals surface area (Å²) in [4.78, 5) is 8.67. The van der Waals surface area contributed by atoms with Crippen LogP contribution >= 0.6 is 34.2 Å². The predicted octanol–water partition coefficient (Wildman–Crippen LogP) is 4.60. The highest BCUT2D eigenvalue weighted by Crippen LogP contribution is 2.23. The lowest BCUT2D eigenvalue weighted by atomic mass is 10.2. The number of aromatic nitrogens is 2. The zero-order valence-corrected chi connectivity index (χ0v) is 13.0. The van der Waals surface area contributed by atoms with Gasteiger partial charge >= 0.3 is 0 Å². The van der Waals surface area contributed by atoms with Gasteiger partial charge < -0.3 is 5.32 Å². The topological polar surface area (TPSA) is 37.8 Å². The Hall–Kier alpha value is -0.880. The van der Waals surface area contributed by atoms with Crippen LogP contribution in [0.15, 0.2) is 30.3 Å². The molecule has 0 fully saturated rings. The molecular weight excluding hydrogens is 361 g/mol. The Morgan fingerprint density at radius 2 is 1.94 bits per heavy atom. The van der Waals surface area contributed by atoms with Gasteiger partial charge in [-0.1, -0.05) is 37.6 Å². The maximum absolute atomic E-state index is 6.01. The summed E-state index contributed by atoms with van der Waals surface area (Å²) < 4.78 is 1.14. The van der Waals surface area contributed by atoms with Gasteiger partial charge in [0.1, 0.15) is 16.8 Å². The molecular formula is C13H13ClIN3. The normalized spacial score (nSPS) is 10.7. The third-order valence-corrected chi connectivity index (χ3v) is 3.50. The molecule has 2 rings (SSSR count). The summed E-state index contributed by atoms with van der Waals surface area (Å²) in [6.07, 6.45) is 0. The molecule has 2 aromatic rings. The van der Waals surface area contributed by atoms with E-state index in [9.17, 15) is 0 Å². The summed E-state index contributed by atoms with van der Waals surface area (Å²) in [5, 5.41) is 3.73. The van der Waals surface area contributed by atoms with E-state index in [1.165, 1.54) is 0 Å². The third kappa shape index (κ3) is 3.32. The lowest BCUT2D eigenvalue weighted by Crippen LogP contribution is -2.02. The van der Waals surface area contributed by atoms with Crippen molar-refractivity contribution >= 4 is 45.7 Å². The number of nitrogens with zero attached hydrogens (tertiary/aromatic N) is 2. The lowest BCUT2D eigenvalue weighted by Gasteiger charge is -2.10. The van der Waals surface area contributed by atoms with E-state index in [1.807, 2.05) is 38.1 Å². The molecule has 0 bridgehead atoms. The molecule has 0 aliphatic rings. The van der Waals surface area contributed by atoms with Gasteiger partial charge in [-0.25, -0.2) is 9.97 Å². The Bertz CT molecular complexity index is 558. The Balaban J connectivity index is 2.32. The fourth-order valence-electron chi connectivity index (χ4n) is 1.46. The molecule has 0 saturated carbocycles. The molecule has 1 heterocycles. The molecule has 0 saturated heterocycles. The quantitative estimate of drug-likeness (QED) is 0.631. The SMILES string of the molecule is CC(C)c1nc(Cl)cc(Nc2ccccc2I)n1. The number of halogens is 2. The van der Waals surface area contributed by atoms with Crippen LogP contribution in [0.25, 0.3) is 0 Å². The van der Waals surface area contributed by atoms with Crippen molar-refractivity contribution in [1.82, 2.24) is 9.97 Å². The van der Waals surface area contributed by atoms with E-state index in [2.05, 4.69) is 37.9 Å². The standard InChI is InChI=1S/C13H13ClIN3/c1-8(2)13-17-11(14)7-12(18-13)16-10-6-4-3-5-9(10)15/h3-8H,1-2H3,(H,16,17,18). The smallest absolute Gasteiger partial charge is 0.135 e. The van der Waals surface area contributed by atoms with E-state index in [0.717, 1.165) is 20.9 Å². The van der Waals surface area contributed by atoms with Gasteiger partial charge in [-0.3, -0.25) is 0 Å². The molecule has 0 spiro atoms. The molecule has 0 atom stereocenters. The van der Waals surface area contributed by atoms with Crippen LogP contribution in [-0.4, -0.2) is 9.97 Å². The largest absolute Gasteiger partial charge is 0.339 e. The summed E-state index contributed by atoms with van der Waals surface area (Å²) in [6.45, 7) is 4.09. The second kappa shape index (κ2) is 5.84. The first kappa shape index (κ1) is 13.5. The van der Waals surface area contributed by atoms with E-state index in [0.29, 0.717) is 5.15 Å². The van der Waals surface area contributed by atoms with E-state index < -0.39 is 0 Å². The second-order valence-corrected chi connectivity index (χ2v) is 5.74. The number of rotatable bonds is 3. The van der Waals surface area contributed by atoms with Crippen LogP contribution in [0.1, 0.15) is 25.6 Å². The highest BCUT2D eigenvalue weighted by atomic mass is 127. The van der Waals surface area contributed by atoms with Gasteiger partial charge in [0.15, 0.2) is 0 Å². The Kier molecular flexibility index (Phi) is 4.40. The van der Waals surface area contributed by atoms with Crippen molar-refractivity contribution in [3.63, 3.8) is 0 Å². The van der Waals surface area contributed by atoms with E-state index in [-0.39, 0.29) is 5.92 Å². The zero-order chi connectivity index (χ0) is 13.1. The van der Waals surface area contributed by atoms with Gasteiger partial charge in [0.05, 0.1) is 5.69 Å². The molecule has 94 valence electrons. The Labute approximate surface area is 125 Å². The Morgan fingerprint density at radius 3 is 2.61 bits per heavy atom. The molecule has 3 nitrogen and oxygen atoms in total. The first-order valence-corrected chi connectivity index (χ1v) is 7.08. The molecule has 5 heteroatoms. The van der Waals surface area contributed by atoms with Crippen molar-refractivity contribution < 1.29 is 0 Å².